The van der Waals surface area contributed by atoms with E-state index in [9.17, 15) is 9.59 Å². The predicted octanol–water partition coefficient (Wildman–Crippen LogP) is 4.03. The quantitative estimate of drug-likeness (QED) is 0.551. The molecular weight excluding hydrogens is 430 g/mol. The van der Waals surface area contributed by atoms with Crippen LogP contribution >= 0.6 is 0 Å². The lowest BCUT2D eigenvalue weighted by Crippen LogP contribution is -2.40. The first kappa shape index (κ1) is 23.6. The van der Waals surface area contributed by atoms with Crippen molar-refractivity contribution in [2.75, 3.05) is 18.4 Å². The maximum absolute atomic E-state index is 13.1. The number of hydrogen-bond acceptors (Lipinski definition) is 6. The average molecular weight is 462 g/mol. The third-order valence-corrected chi connectivity index (χ3v) is 5.83. The van der Waals surface area contributed by atoms with Crippen LogP contribution in [-0.2, 0) is 11.3 Å². The maximum Gasteiger partial charge on any atom is 0.253 e. The van der Waals surface area contributed by atoms with Gasteiger partial charge in [0.1, 0.15) is 0 Å². The van der Waals surface area contributed by atoms with Crippen LogP contribution in [0.1, 0.15) is 48.5 Å². The predicted molar refractivity (Wildman–Crippen MR) is 130 cm³/mol. The minimum absolute atomic E-state index is 0.0132. The summed E-state index contributed by atoms with van der Waals surface area (Å²) in [6.07, 6.45) is 1.69. The first-order chi connectivity index (χ1) is 16.4. The molecule has 2 amide bonds. The van der Waals surface area contributed by atoms with Gasteiger partial charge in [-0.15, -0.1) is 0 Å². The van der Waals surface area contributed by atoms with Crippen LogP contribution in [0.15, 0.2) is 53.1 Å². The van der Waals surface area contributed by atoms with Crippen molar-refractivity contribution in [1.82, 2.24) is 20.4 Å². The van der Waals surface area contributed by atoms with E-state index >= 15 is 0 Å². The molecule has 1 aliphatic rings. The molecule has 1 unspecified atom stereocenters. The molecule has 4 rings (SSSR count). The summed E-state index contributed by atoms with van der Waals surface area (Å²) in [7, 11) is 0. The van der Waals surface area contributed by atoms with Crippen LogP contribution in [0.5, 0.6) is 0 Å². The SMILES string of the molecule is Cc1cccc(-c2noc(CN3CCCC(C(=O)Nc4ccccc4C(=O)NC(C)C)C3)n2)c1. The van der Waals surface area contributed by atoms with Gasteiger partial charge in [-0.25, -0.2) is 0 Å². The molecule has 0 aliphatic carbocycles. The van der Waals surface area contributed by atoms with E-state index in [0.717, 1.165) is 30.5 Å². The summed E-state index contributed by atoms with van der Waals surface area (Å²) in [5.74, 6) is 0.640. The van der Waals surface area contributed by atoms with Gasteiger partial charge in [-0.3, -0.25) is 14.5 Å². The number of hydrogen-bond donors (Lipinski definition) is 2. The Kier molecular flexibility index (Phi) is 7.37. The van der Waals surface area contributed by atoms with Crippen LogP contribution < -0.4 is 10.6 Å². The minimum Gasteiger partial charge on any atom is -0.350 e. The molecule has 2 heterocycles. The molecule has 1 aliphatic heterocycles. The van der Waals surface area contributed by atoms with Gasteiger partial charge in [0, 0.05) is 18.2 Å². The first-order valence-electron chi connectivity index (χ1n) is 11.7. The number of nitrogens with one attached hydrogen (secondary N) is 2. The van der Waals surface area contributed by atoms with Crippen LogP contribution in [0.3, 0.4) is 0 Å². The molecule has 1 aromatic heterocycles. The molecule has 178 valence electrons. The van der Waals surface area contributed by atoms with Gasteiger partial charge in [-0.2, -0.15) is 4.98 Å². The molecule has 2 N–H and O–H groups in total. The van der Waals surface area contributed by atoms with Crippen molar-refractivity contribution >= 4 is 17.5 Å². The molecule has 1 atom stereocenters. The topological polar surface area (TPSA) is 100 Å². The number of para-hydroxylation sites is 1. The number of nitrogens with zero attached hydrogens (tertiary/aromatic N) is 3. The molecular formula is C26H31N5O3. The zero-order chi connectivity index (χ0) is 24.1. The van der Waals surface area contributed by atoms with Crippen LogP contribution in [0, 0.1) is 12.8 Å². The van der Waals surface area contributed by atoms with E-state index in [1.165, 1.54) is 0 Å². The Hall–Kier alpha value is -3.52. The Balaban J connectivity index is 1.38. The highest BCUT2D eigenvalue weighted by Gasteiger charge is 2.28. The monoisotopic (exact) mass is 461 g/mol. The van der Waals surface area contributed by atoms with Gasteiger partial charge in [-0.1, -0.05) is 41.1 Å². The van der Waals surface area contributed by atoms with Crippen molar-refractivity contribution in [3.8, 4) is 11.4 Å². The summed E-state index contributed by atoms with van der Waals surface area (Å²) < 4.78 is 5.48. The smallest absolute Gasteiger partial charge is 0.253 e. The number of rotatable bonds is 7. The number of benzene rings is 2. The fourth-order valence-electron chi connectivity index (χ4n) is 4.19. The Morgan fingerprint density at radius 2 is 2.00 bits per heavy atom. The molecule has 8 nitrogen and oxygen atoms in total. The van der Waals surface area contributed by atoms with E-state index in [1.54, 1.807) is 18.2 Å². The van der Waals surface area contributed by atoms with Crippen molar-refractivity contribution in [2.45, 2.75) is 46.2 Å². The number of likely N-dealkylation sites (tertiary alicyclic amines) is 1. The normalized spacial score (nSPS) is 16.4. The average Bonchev–Trinajstić information content (AvgIpc) is 3.27. The van der Waals surface area contributed by atoms with E-state index < -0.39 is 0 Å². The van der Waals surface area contributed by atoms with Crippen molar-refractivity contribution in [2.24, 2.45) is 5.92 Å². The van der Waals surface area contributed by atoms with E-state index in [2.05, 4.69) is 25.7 Å². The number of carbonyl (C=O) groups excluding carboxylic acids is 2. The molecule has 3 aromatic rings. The van der Waals surface area contributed by atoms with Crippen molar-refractivity contribution in [1.29, 1.82) is 0 Å². The second-order valence-electron chi connectivity index (χ2n) is 9.12. The number of aryl methyl sites for hydroxylation is 1. The lowest BCUT2D eigenvalue weighted by molar-refractivity contribution is -0.121. The second-order valence-corrected chi connectivity index (χ2v) is 9.12. The second kappa shape index (κ2) is 10.6. The lowest BCUT2D eigenvalue weighted by atomic mass is 9.96. The molecule has 1 fully saturated rings. The molecule has 34 heavy (non-hydrogen) atoms. The fourth-order valence-corrected chi connectivity index (χ4v) is 4.19. The van der Waals surface area contributed by atoms with Crippen LogP contribution in [0.25, 0.3) is 11.4 Å². The molecule has 0 spiro atoms. The van der Waals surface area contributed by atoms with E-state index in [-0.39, 0.29) is 23.8 Å². The molecule has 0 bridgehead atoms. The van der Waals surface area contributed by atoms with Gasteiger partial charge in [0.25, 0.3) is 5.91 Å². The van der Waals surface area contributed by atoms with Gasteiger partial charge in [0.05, 0.1) is 23.7 Å². The molecule has 0 radical (unpaired) electrons. The van der Waals surface area contributed by atoms with Crippen LogP contribution in [0.2, 0.25) is 0 Å². The van der Waals surface area contributed by atoms with E-state index in [4.69, 9.17) is 4.52 Å². The summed E-state index contributed by atoms with van der Waals surface area (Å²) in [4.78, 5) is 32.3. The van der Waals surface area contributed by atoms with Crippen LogP contribution in [0.4, 0.5) is 5.69 Å². The fraction of sp³-hybridized carbons (Fsp3) is 0.385. The summed E-state index contributed by atoms with van der Waals surface area (Å²) in [5, 5.41) is 9.97. The lowest BCUT2D eigenvalue weighted by Gasteiger charge is -2.31. The highest BCUT2D eigenvalue weighted by Crippen LogP contribution is 2.23. The molecule has 2 aromatic carbocycles. The molecule has 8 heteroatoms. The highest BCUT2D eigenvalue weighted by molar-refractivity contribution is 6.04. The Morgan fingerprint density at radius 1 is 1.18 bits per heavy atom. The minimum atomic E-state index is -0.197. The summed E-state index contributed by atoms with van der Waals surface area (Å²) in [5.41, 5.74) is 3.05. The number of anilines is 1. The number of piperidine rings is 1. The Morgan fingerprint density at radius 3 is 2.79 bits per heavy atom. The van der Waals surface area contributed by atoms with Gasteiger partial charge in [0.15, 0.2) is 0 Å². The van der Waals surface area contributed by atoms with Crippen molar-refractivity contribution in [3.63, 3.8) is 0 Å². The number of carbonyl (C=O) groups is 2. The molecule has 0 saturated carbocycles. The zero-order valence-electron chi connectivity index (χ0n) is 19.9. The number of amides is 2. The summed E-state index contributed by atoms with van der Waals surface area (Å²) >= 11 is 0. The standard InChI is InChI=1S/C26H31N5O3/c1-17(2)27-26(33)21-11-4-5-12-22(21)28-25(32)20-10-7-13-31(15-20)16-23-29-24(30-34-23)19-9-6-8-18(3)14-19/h4-6,8-9,11-12,14,17,20H,7,10,13,15-16H2,1-3H3,(H,27,33)(H,28,32). The third kappa shape index (κ3) is 5.88. The zero-order valence-corrected chi connectivity index (χ0v) is 19.9. The van der Waals surface area contributed by atoms with Gasteiger partial charge < -0.3 is 15.2 Å². The maximum atomic E-state index is 13.1. The number of aromatic nitrogens is 2. The third-order valence-electron chi connectivity index (χ3n) is 5.83. The summed E-state index contributed by atoms with van der Waals surface area (Å²) in [6.45, 7) is 7.79. The largest absolute Gasteiger partial charge is 0.350 e. The van der Waals surface area contributed by atoms with E-state index in [1.807, 2.05) is 51.1 Å². The van der Waals surface area contributed by atoms with Gasteiger partial charge in [0.2, 0.25) is 17.6 Å². The molecule has 1 saturated heterocycles. The van der Waals surface area contributed by atoms with Crippen LogP contribution in [-0.4, -0.2) is 46.0 Å². The Labute approximate surface area is 199 Å². The van der Waals surface area contributed by atoms with Crippen molar-refractivity contribution in [3.05, 3.63) is 65.5 Å². The van der Waals surface area contributed by atoms with Gasteiger partial charge >= 0.3 is 0 Å². The van der Waals surface area contributed by atoms with Crippen molar-refractivity contribution < 1.29 is 14.1 Å². The van der Waals surface area contributed by atoms with Gasteiger partial charge in [-0.05, 0) is 58.4 Å². The van der Waals surface area contributed by atoms with E-state index in [0.29, 0.717) is 36.1 Å². The summed E-state index contributed by atoms with van der Waals surface area (Å²) in [6, 6.07) is 15.1. The highest BCUT2D eigenvalue weighted by atomic mass is 16.5. The first-order valence-corrected chi connectivity index (χ1v) is 11.7. The Bertz CT molecular complexity index is 1160.